The third kappa shape index (κ3) is 3.78. The fraction of sp³-hybridized carbons (Fsp3) is 0.125. The second-order valence-electron chi connectivity index (χ2n) is 4.80. The Labute approximate surface area is 138 Å². The number of hydrogen-bond donors (Lipinski definition) is 2. The quantitative estimate of drug-likeness (QED) is 0.808. The first-order chi connectivity index (χ1) is 10.4. The first kappa shape index (κ1) is 16.3. The van der Waals surface area contributed by atoms with Crippen molar-refractivity contribution in [1.82, 2.24) is 0 Å². The largest absolute Gasteiger partial charge is 0.318 e. The summed E-state index contributed by atoms with van der Waals surface area (Å²) in [4.78, 5) is 23.9. The number of carbonyl (C=O) groups is 2. The van der Waals surface area contributed by atoms with E-state index in [2.05, 4.69) is 10.6 Å². The second kappa shape index (κ2) is 6.81. The molecule has 6 heteroatoms. The maximum absolute atomic E-state index is 12.0. The molecular weight excluding hydrogens is 323 g/mol. The molecule has 2 rings (SSSR count). The van der Waals surface area contributed by atoms with Crippen LogP contribution in [0.4, 0.5) is 11.4 Å². The van der Waals surface area contributed by atoms with Gasteiger partial charge in [0.15, 0.2) is 0 Å². The van der Waals surface area contributed by atoms with E-state index in [-0.39, 0.29) is 0 Å². The lowest BCUT2D eigenvalue weighted by molar-refractivity contribution is -0.133. The van der Waals surface area contributed by atoms with E-state index < -0.39 is 11.8 Å². The number of para-hydroxylation sites is 1. The van der Waals surface area contributed by atoms with Gasteiger partial charge in [-0.3, -0.25) is 9.59 Å². The highest BCUT2D eigenvalue weighted by atomic mass is 35.5. The van der Waals surface area contributed by atoms with Crippen LogP contribution in [-0.4, -0.2) is 11.8 Å². The highest BCUT2D eigenvalue weighted by molar-refractivity contribution is 6.44. The van der Waals surface area contributed by atoms with Crippen LogP contribution in [0.5, 0.6) is 0 Å². The zero-order chi connectivity index (χ0) is 16.3. The number of nitrogens with one attached hydrogen (secondary N) is 2. The standard InChI is InChI=1S/C16H14Cl2N2O2/c1-9-4-3-5-10(2)14(9)20-16(22)15(21)19-11-6-7-12(17)13(18)8-11/h3-8H,1-2H3,(H,19,21)(H,20,22). The van der Waals surface area contributed by atoms with Crippen LogP contribution in [0.1, 0.15) is 11.1 Å². The fourth-order valence-electron chi connectivity index (χ4n) is 1.94. The normalized spacial score (nSPS) is 10.2. The van der Waals surface area contributed by atoms with Crippen molar-refractivity contribution in [3.63, 3.8) is 0 Å². The maximum Gasteiger partial charge on any atom is 0.314 e. The van der Waals surface area contributed by atoms with E-state index in [0.29, 0.717) is 21.4 Å². The molecule has 114 valence electrons. The molecule has 22 heavy (non-hydrogen) atoms. The van der Waals surface area contributed by atoms with Gasteiger partial charge in [0.05, 0.1) is 10.0 Å². The first-order valence-corrected chi connectivity index (χ1v) is 7.27. The van der Waals surface area contributed by atoms with E-state index >= 15 is 0 Å². The Bertz CT molecular complexity index is 725. The number of rotatable bonds is 2. The lowest BCUT2D eigenvalue weighted by Gasteiger charge is -2.11. The summed E-state index contributed by atoms with van der Waals surface area (Å²) in [6.45, 7) is 3.72. The lowest BCUT2D eigenvalue weighted by Crippen LogP contribution is -2.29. The van der Waals surface area contributed by atoms with Crippen molar-refractivity contribution < 1.29 is 9.59 Å². The number of carbonyl (C=O) groups excluding carboxylic acids is 2. The summed E-state index contributed by atoms with van der Waals surface area (Å²) < 4.78 is 0. The minimum absolute atomic E-state index is 0.301. The third-order valence-corrected chi connectivity index (χ3v) is 3.84. The van der Waals surface area contributed by atoms with E-state index in [1.54, 1.807) is 12.1 Å². The molecule has 0 bridgehead atoms. The summed E-state index contributed by atoms with van der Waals surface area (Å²) >= 11 is 11.7. The van der Waals surface area contributed by atoms with Gasteiger partial charge in [-0.2, -0.15) is 0 Å². The molecule has 0 atom stereocenters. The Balaban J connectivity index is 2.09. The highest BCUT2D eigenvalue weighted by Crippen LogP contribution is 2.25. The molecule has 0 aliphatic heterocycles. The van der Waals surface area contributed by atoms with Crippen molar-refractivity contribution in [2.75, 3.05) is 10.6 Å². The first-order valence-electron chi connectivity index (χ1n) is 6.52. The number of aryl methyl sites for hydroxylation is 2. The van der Waals surface area contributed by atoms with Crippen LogP contribution in [0.15, 0.2) is 36.4 Å². The Morgan fingerprint density at radius 2 is 1.45 bits per heavy atom. The van der Waals surface area contributed by atoms with Crippen molar-refractivity contribution in [1.29, 1.82) is 0 Å². The van der Waals surface area contributed by atoms with Gasteiger partial charge in [-0.05, 0) is 43.2 Å². The van der Waals surface area contributed by atoms with Crippen molar-refractivity contribution in [3.8, 4) is 0 Å². The van der Waals surface area contributed by atoms with Crippen molar-refractivity contribution in [3.05, 3.63) is 57.6 Å². The SMILES string of the molecule is Cc1cccc(C)c1NC(=O)C(=O)Nc1ccc(Cl)c(Cl)c1. The Hall–Kier alpha value is -2.04. The lowest BCUT2D eigenvalue weighted by atomic mass is 10.1. The zero-order valence-electron chi connectivity index (χ0n) is 12.0. The number of benzene rings is 2. The molecular formula is C16H14Cl2N2O2. The van der Waals surface area contributed by atoms with Crippen LogP contribution in [-0.2, 0) is 9.59 Å². The minimum atomic E-state index is -0.777. The molecule has 0 heterocycles. The number of halogens is 2. The van der Waals surface area contributed by atoms with Gasteiger partial charge >= 0.3 is 11.8 Å². The predicted molar refractivity (Wildman–Crippen MR) is 89.6 cm³/mol. The Morgan fingerprint density at radius 3 is 2.05 bits per heavy atom. The molecule has 0 unspecified atom stereocenters. The van der Waals surface area contributed by atoms with Crippen molar-refractivity contribution in [2.24, 2.45) is 0 Å². The molecule has 2 aromatic carbocycles. The molecule has 0 aromatic heterocycles. The van der Waals surface area contributed by atoms with E-state index in [4.69, 9.17) is 23.2 Å². The average Bonchev–Trinajstić information content (AvgIpc) is 2.46. The molecule has 2 aromatic rings. The van der Waals surface area contributed by atoms with E-state index in [1.165, 1.54) is 6.07 Å². The number of amides is 2. The van der Waals surface area contributed by atoms with E-state index in [0.717, 1.165) is 11.1 Å². The topological polar surface area (TPSA) is 58.2 Å². The summed E-state index contributed by atoms with van der Waals surface area (Å²) in [5, 5.41) is 5.76. The highest BCUT2D eigenvalue weighted by Gasteiger charge is 2.16. The van der Waals surface area contributed by atoms with Crippen LogP contribution in [0, 0.1) is 13.8 Å². The molecule has 0 fully saturated rings. The minimum Gasteiger partial charge on any atom is -0.318 e. The van der Waals surface area contributed by atoms with Gasteiger partial charge in [0.2, 0.25) is 0 Å². The van der Waals surface area contributed by atoms with Gasteiger partial charge in [-0.1, -0.05) is 41.4 Å². The van der Waals surface area contributed by atoms with Gasteiger partial charge < -0.3 is 10.6 Å². The summed E-state index contributed by atoms with van der Waals surface area (Å²) in [6, 6.07) is 10.2. The van der Waals surface area contributed by atoms with Gasteiger partial charge in [-0.15, -0.1) is 0 Å². The average molecular weight is 337 g/mol. The molecule has 0 spiro atoms. The predicted octanol–water partition coefficient (Wildman–Crippen LogP) is 4.19. The van der Waals surface area contributed by atoms with Crippen LogP contribution in [0.25, 0.3) is 0 Å². The van der Waals surface area contributed by atoms with Crippen molar-refractivity contribution >= 4 is 46.4 Å². The van der Waals surface area contributed by atoms with Gasteiger partial charge in [0.1, 0.15) is 0 Å². The maximum atomic E-state index is 12.0. The molecule has 2 amide bonds. The van der Waals surface area contributed by atoms with Gasteiger partial charge in [0, 0.05) is 11.4 Å². The second-order valence-corrected chi connectivity index (χ2v) is 5.62. The molecule has 4 nitrogen and oxygen atoms in total. The number of hydrogen-bond acceptors (Lipinski definition) is 2. The molecule has 0 aliphatic carbocycles. The number of anilines is 2. The molecule has 2 N–H and O–H groups in total. The van der Waals surface area contributed by atoms with Crippen LogP contribution < -0.4 is 10.6 Å². The molecule has 0 saturated carbocycles. The summed E-state index contributed by atoms with van der Waals surface area (Å²) in [7, 11) is 0. The molecule has 0 saturated heterocycles. The zero-order valence-corrected chi connectivity index (χ0v) is 13.5. The third-order valence-electron chi connectivity index (χ3n) is 3.10. The summed E-state index contributed by atoms with van der Waals surface area (Å²) in [5.41, 5.74) is 2.80. The van der Waals surface area contributed by atoms with Crippen LogP contribution in [0.2, 0.25) is 10.0 Å². The fourth-order valence-corrected chi connectivity index (χ4v) is 2.24. The van der Waals surface area contributed by atoms with Crippen molar-refractivity contribution in [2.45, 2.75) is 13.8 Å². The summed E-state index contributed by atoms with van der Waals surface area (Å²) in [6.07, 6.45) is 0. The smallest absolute Gasteiger partial charge is 0.314 e. The van der Waals surface area contributed by atoms with Crippen LogP contribution >= 0.6 is 23.2 Å². The van der Waals surface area contributed by atoms with Crippen LogP contribution in [0.3, 0.4) is 0 Å². The Kier molecular flexibility index (Phi) is 5.06. The van der Waals surface area contributed by atoms with Gasteiger partial charge in [0.25, 0.3) is 0 Å². The monoisotopic (exact) mass is 336 g/mol. The van der Waals surface area contributed by atoms with Gasteiger partial charge in [-0.25, -0.2) is 0 Å². The molecule has 0 radical (unpaired) electrons. The Morgan fingerprint density at radius 1 is 0.864 bits per heavy atom. The summed E-state index contributed by atoms with van der Waals surface area (Å²) in [5.74, 6) is -1.52. The van der Waals surface area contributed by atoms with E-state index in [1.807, 2.05) is 32.0 Å². The molecule has 0 aliphatic rings. The van der Waals surface area contributed by atoms with E-state index in [9.17, 15) is 9.59 Å².